The fourth-order valence-corrected chi connectivity index (χ4v) is 5.06. The summed E-state index contributed by atoms with van der Waals surface area (Å²) in [6.07, 6.45) is -4.77. The van der Waals surface area contributed by atoms with Gasteiger partial charge in [-0.25, -0.2) is 0 Å². The predicted octanol–water partition coefficient (Wildman–Crippen LogP) is 8.75. The van der Waals surface area contributed by atoms with Gasteiger partial charge in [0, 0.05) is 5.92 Å². The number of hydrogen-bond acceptors (Lipinski definition) is 0. The lowest BCUT2D eigenvalue weighted by Crippen LogP contribution is -2.71. The van der Waals surface area contributed by atoms with Crippen molar-refractivity contribution in [3.63, 3.8) is 0 Å². The fraction of sp³-hybridized carbons (Fsp3) is 1.00. The molecule has 0 N–H and O–H groups in total. The second kappa shape index (κ2) is 8.95. The van der Waals surface area contributed by atoms with Gasteiger partial charge in [0.25, 0.3) is 0 Å². The van der Waals surface area contributed by atoms with Gasteiger partial charge in [0.05, 0.1) is 0 Å². The first-order chi connectivity index (χ1) is 14.8. The highest BCUT2D eigenvalue weighted by molar-refractivity contribution is 5.11. The third-order valence-corrected chi connectivity index (χ3v) is 7.38. The number of alkyl halides is 13. The molecule has 0 aromatic heterocycles. The largest absolute Gasteiger partial charge is 0.460 e. The first-order valence-electron chi connectivity index (χ1n) is 10.7. The van der Waals surface area contributed by atoms with Crippen LogP contribution in [0.3, 0.4) is 0 Å². The summed E-state index contributed by atoms with van der Waals surface area (Å²) in [7, 11) is 0. The number of halogens is 13. The minimum atomic E-state index is -7.82. The molecule has 0 amide bonds. The summed E-state index contributed by atoms with van der Waals surface area (Å²) in [6.45, 7) is 2.02. The average Bonchev–Trinajstić information content (AvgIpc) is 2.72. The molecule has 0 aliphatic heterocycles. The van der Waals surface area contributed by atoms with Crippen molar-refractivity contribution in [3.8, 4) is 0 Å². The molecule has 2 aliphatic carbocycles. The molecule has 0 radical (unpaired) electrons. The van der Waals surface area contributed by atoms with Crippen molar-refractivity contribution < 1.29 is 57.1 Å². The van der Waals surface area contributed by atoms with E-state index in [9.17, 15) is 57.1 Å². The molecule has 0 heterocycles. The Hall–Kier alpha value is -0.910. The molecule has 0 aromatic carbocycles. The zero-order valence-electron chi connectivity index (χ0n) is 17.6. The van der Waals surface area contributed by atoms with Crippen molar-refractivity contribution in [2.24, 2.45) is 23.7 Å². The van der Waals surface area contributed by atoms with E-state index in [0.29, 0.717) is 5.92 Å². The Morgan fingerprint density at radius 2 is 0.848 bits per heavy atom. The highest BCUT2D eigenvalue weighted by Crippen LogP contribution is 2.62. The van der Waals surface area contributed by atoms with Crippen LogP contribution in [-0.2, 0) is 0 Å². The lowest BCUT2D eigenvalue weighted by Gasteiger charge is -2.44. The maximum absolute atomic E-state index is 14.4. The van der Waals surface area contributed by atoms with Gasteiger partial charge in [-0.2, -0.15) is 57.1 Å². The van der Waals surface area contributed by atoms with E-state index in [1.54, 1.807) is 0 Å². The molecule has 0 bridgehead atoms. The maximum Gasteiger partial charge on any atom is 0.460 e. The molecule has 0 nitrogen and oxygen atoms in total. The van der Waals surface area contributed by atoms with Crippen molar-refractivity contribution in [1.29, 1.82) is 0 Å². The minimum absolute atomic E-state index is 0.0849. The second-order valence-corrected chi connectivity index (χ2v) is 9.22. The zero-order chi connectivity index (χ0) is 25.7. The van der Waals surface area contributed by atoms with Crippen LogP contribution in [0.15, 0.2) is 0 Å². The van der Waals surface area contributed by atoms with Gasteiger partial charge in [-0.05, 0) is 56.3 Å². The summed E-state index contributed by atoms with van der Waals surface area (Å²) >= 11 is 0. The maximum atomic E-state index is 14.4. The lowest BCUT2D eigenvalue weighted by atomic mass is 9.67. The van der Waals surface area contributed by atoms with Crippen LogP contribution in [0, 0.1) is 23.7 Å². The third kappa shape index (κ3) is 4.54. The smallest absolute Gasteiger partial charge is 0.199 e. The van der Waals surface area contributed by atoms with Gasteiger partial charge >= 0.3 is 35.8 Å². The van der Waals surface area contributed by atoms with E-state index < -0.39 is 54.5 Å². The molecule has 33 heavy (non-hydrogen) atoms. The second-order valence-electron chi connectivity index (χ2n) is 9.22. The molecule has 2 rings (SSSR count). The molecule has 13 heteroatoms. The van der Waals surface area contributed by atoms with Crippen LogP contribution in [0.2, 0.25) is 0 Å². The lowest BCUT2D eigenvalue weighted by molar-refractivity contribution is -0.443. The standard InChI is InChI=1S/C20H25F13/c1-2-11-3-5-12(6-4-11)13-7-9-14(10-8-13)15(21,22)16(23,24)17(25,26)18(27,28)19(29,30)20(31,32)33/h11-14H,2-10H2,1H3. The predicted molar refractivity (Wildman–Crippen MR) is 92.0 cm³/mol. The SMILES string of the molecule is CCC1CCC(C2CCC(C(F)(F)C(F)(F)C(F)(F)C(F)(F)C(F)(F)C(F)(F)F)CC2)CC1. The van der Waals surface area contributed by atoms with Crippen LogP contribution in [0.1, 0.15) is 64.7 Å². The first kappa shape index (κ1) is 28.3. The van der Waals surface area contributed by atoms with E-state index in [0.717, 1.165) is 32.1 Å². The van der Waals surface area contributed by atoms with Crippen molar-refractivity contribution in [3.05, 3.63) is 0 Å². The normalized spacial score (nSPS) is 29.3. The van der Waals surface area contributed by atoms with Gasteiger partial charge in [0.2, 0.25) is 0 Å². The number of rotatable bonds is 7. The fourth-order valence-electron chi connectivity index (χ4n) is 5.06. The zero-order valence-corrected chi connectivity index (χ0v) is 17.6. The van der Waals surface area contributed by atoms with Gasteiger partial charge in [-0.1, -0.05) is 26.2 Å². The quantitative estimate of drug-likeness (QED) is 0.299. The van der Waals surface area contributed by atoms with E-state index in [-0.39, 0.29) is 24.7 Å². The molecular weight excluding hydrogens is 487 g/mol. The van der Waals surface area contributed by atoms with E-state index in [2.05, 4.69) is 0 Å². The van der Waals surface area contributed by atoms with E-state index in [1.807, 2.05) is 6.92 Å². The van der Waals surface area contributed by atoms with Crippen molar-refractivity contribution >= 4 is 0 Å². The molecule has 2 aliphatic rings. The molecule has 0 atom stereocenters. The first-order valence-corrected chi connectivity index (χ1v) is 10.7. The van der Waals surface area contributed by atoms with Crippen molar-refractivity contribution in [2.75, 3.05) is 0 Å². The summed E-state index contributed by atoms with van der Waals surface area (Å²) in [5.74, 6) is -38.4. The van der Waals surface area contributed by atoms with Gasteiger partial charge in [0.1, 0.15) is 0 Å². The Bertz CT molecular complexity index is 651. The monoisotopic (exact) mass is 512 g/mol. The third-order valence-electron chi connectivity index (χ3n) is 7.38. The molecule has 196 valence electrons. The Morgan fingerprint density at radius 1 is 0.485 bits per heavy atom. The van der Waals surface area contributed by atoms with Crippen LogP contribution in [0.25, 0.3) is 0 Å². The molecule has 0 aromatic rings. The summed E-state index contributed by atoms with van der Waals surface area (Å²) in [4.78, 5) is 0. The molecule has 0 spiro atoms. The van der Waals surface area contributed by atoms with Gasteiger partial charge in [-0.15, -0.1) is 0 Å². The topological polar surface area (TPSA) is 0 Å². The molecule has 0 unspecified atom stereocenters. The molecule has 2 saturated carbocycles. The van der Waals surface area contributed by atoms with E-state index in [4.69, 9.17) is 0 Å². The van der Waals surface area contributed by atoms with Gasteiger partial charge in [-0.3, -0.25) is 0 Å². The minimum Gasteiger partial charge on any atom is -0.199 e. The van der Waals surface area contributed by atoms with Crippen LogP contribution in [0.5, 0.6) is 0 Å². The van der Waals surface area contributed by atoms with Gasteiger partial charge in [0.15, 0.2) is 0 Å². The van der Waals surface area contributed by atoms with Gasteiger partial charge < -0.3 is 0 Å². The Labute approximate surface area is 182 Å². The Balaban J connectivity index is 2.18. The summed E-state index contributed by atoms with van der Waals surface area (Å²) in [5, 5.41) is 0. The van der Waals surface area contributed by atoms with Crippen molar-refractivity contribution in [1.82, 2.24) is 0 Å². The van der Waals surface area contributed by atoms with Crippen molar-refractivity contribution in [2.45, 2.75) is 101 Å². The van der Waals surface area contributed by atoms with Crippen LogP contribution >= 0.6 is 0 Å². The summed E-state index contributed by atoms with van der Waals surface area (Å²) in [5.41, 5.74) is 0. The summed E-state index contributed by atoms with van der Waals surface area (Å²) in [6, 6.07) is 0. The molecule has 0 saturated heterocycles. The summed E-state index contributed by atoms with van der Waals surface area (Å²) < 4.78 is 173. The Kier molecular flexibility index (Phi) is 7.68. The van der Waals surface area contributed by atoms with E-state index in [1.165, 1.54) is 0 Å². The number of hydrogen-bond donors (Lipinski definition) is 0. The van der Waals surface area contributed by atoms with Crippen LogP contribution in [-0.4, -0.2) is 35.8 Å². The highest BCUT2D eigenvalue weighted by Gasteiger charge is 2.91. The highest BCUT2D eigenvalue weighted by atomic mass is 19.4. The Morgan fingerprint density at radius 3 is 1.21 bits per heavy atom. The van der Waals surface area contributed by atoms with Crippen LogP contribution < -0.4 is 0 Å². The average molecular weight is 512 g/mol. The van der Waals surface area contributed by atoms with E-state index >= 15 is 0 Å². The van der Waals surface area contributed by atoms with Crippen LogP contribution in [0.4, 0.5) is 57.1 Å². The molecular formula is C20H25F13. The molecule has 2 fully saturated rings.